The predicted molar refractivity (Wildman–Crippen MR) is 107 cm³/mol. The van der Waals surface area contributed by atoms with Crippen molar-refractivity contribution in [3.05, 3.63) is 66.2 Å². The molecule has 0 saturated carbocycles. The first-order valence-corrected chi connectivity index (χ1v) is 9.57. The molecule has 2 amide bonds. The van der Waals surface area contributed by atoms with Crippen molar-refractivity contribution in [3.63, 3.8) is 0 Å². The summed E-state index contributed by atoms with van der Waals surface area (Å²) in [5, 5.41) is 6.90. The zero-order valence-electron chi connectivity index (χ0n) is 15.6. The van der Waals surface area contributed by atoms with Gasteiger partial charge in [0.1, 0.15) is 5.71 Å². The summed E-state index contributed by atoms with van der Waals surface area (Å²) in [6.07, 6.45) is 2.41. The average Bonchev–Trinajstić information content (AvgIpc) is 3.13. The molecule has 1 saturated heterocycles. The van der Waals surface area contributed by atoms with Crippen molar-refractivity contribution in [2.45, 2.75) is 31.3 Å². The zero-order valence-corrected chi connectivity index (χ0v) is 15.6. The highest BCUT2D eigenvalue weighted by Crippen LogP contribution is 2.34. The summed E-state index contributed by atoms with van der Waals surface area (Å²) in [5.41, 5.74) is 1.51. The second kappa shape index (κ2) is 7.84. The fourth-order valence-corrected chi connectivity index (χ4v) is 3.78. The van der Waals surface area contributed by atoms with E-state index in [1.165, 1.54) is 0 Å². The maximum Gasteiger partial charge on any atom is 0.273 e. The molecule has 0 unspecified atom stereocenters. The van der Waals surface area contributed by atoms with Crippen LogP contribution >= 0.6 is 0 Å². The maximum absolute atomic E-state index is 12.7. The SMILES string of the molecule is O=C(Nc1ccccc1)C1=NO[C@@]2(CCCN(C(=O)Cc3ccccc3)C2)C1. The molecule has 2 aromatic carbocycles. The van der Waals surface area contributed by atoms with E-state index in [1.807, 2.05) is 65.6 Å². The smallest absolute Gasteiger partial charge is 0.273 e. The Kier molecular flexibility index (Phi) is 5.10. The monoisotopic (exact) mass is 377 g/mol. The molecular formula is C22H23N3O3. The van der Waals surface area contributed by atoms with Crippen LogP contribution in [0.5, 0.6) is 0 Å². The molecule has 28 heavy (non-hydrogen) atoms. The fourth-order valence-electron chi connectivity index (χ4n) is 3.78. The minimum atomic E-state index is -0.589. The normalized spacial score (nSPS) is 21.1. The number of oxime groups is 1. The number of para-hydroxylation sites is 1. The molecule has 2 aromatic rings. The second-order valence-corrected chi connectivity index (χ2v) is 7.39. The molecule has 0 radical (unpaired) electrons. The molecule has 0 bridgehead atoms. The average molecular weight is 377 g/mol. The minimum Gasteiger partial charge on any atom is -0.386 e. The van der Waals surface area contributed by atoms with Crippen LogP contribution < -0.4 is 5.32 Å². The van der Waals surface area contributed by atoms with E-state index in [0.29, 0.717) is 31.6 Å². The first kappa shape index (κ1) is 18.2. The number of nitrogens with zero attached hydrogens (tertiary/aromatic N) is 2. The van der Waals surface area contributed by atoms with Crippen LogP contribution in [0.3, 0.4) is 0 Å². The van der Waals surface area contributed by atoms with Crippen LogP contribution in [0, 0.1) is 0 Å². The van der Waals surface area contributed by atoms with E-state index in [-0.39, 0.29) is 11.8 Å². The lowest BCUT2D eigenvalue weighted by atomic mass is 9.87. The van der Waals surface area contributed by atoms with Crippen molar-refractivity contribution in [1.29, 1.82) is 0 Å². The first-order valence-electron chi connectivity index (χ1n) is 9.57. The number of amides is 2. The van der Waals surface area contributed by atoms with Crippen molar-refractivity contribution in [1.82, 2.24) is 4.90 Å². The van der Waals surface area contributed by atoms with Gasteiger partial charge in [-0.1, -0.05) is 53.7 Å². The van der Waals surface area contributed by atoms with E-state index in [1.54, 1.807) is 0 Å². The second-order valence-electron chi connectivity index (χ2n) is 7.39. The molecule has 2 aliphatic rings. The summed E-state index contributed by atoms with van der Waals surface area (Å²) in [7, 11) is 0. The van der Waals surface area contributed by atoms with Gasteiger partial charge in [-0.15, -0.1) is 0 Å². The number of carbonyl (C=O) groups excluding carboxylic acids is 2. The van der Waals surface area contributed by atoms with Crippen LogP contribution in [-0.4, -0.2) is 41.1 Å². The van der Waals surface area contributed by atoms with Gasteiger partial charge in [-0.2, -0.15) is 0 Å². The van der Waals surface area contributed by atoms with Gasteiger partial charge in [0, 0.05) is 18.7 Å². The minimum absolute atomic E-state index is 0.0797. The lowest BCUT2D eigenvalue weighted by Gasteiger charge is -2.38. The number of hydrogen-bond donors (Lipinski definition) is 1. The van der Waals surface area contributed by atoms with Crippen molar-refractivity contribution in [2.24, 2.45) is 5.16 Å². The van der Waals surface area contributed by atoms with Crippen molar-refractivity contribution in [2.75, 3.05) is 18.4 Å². The number of rotatable bonds is 4. The molecule has 1 atom stereocenters. The van der Waals surface area contributed by atoms with Crippen LogP contribution in [0.4, 0.5) is 5.69 Å². The lowest BCUT2D eigenvalue weighted by molar-refractivity contribution is -0.139. The molecule has 2 aliphatic heterocycles. The van der Waals surface area contributed by atoms with Crippen molar-refractivity contribution >= 4 is 23.2 Å². The molecular weight excluding hydrogens is 354 g/mol. The number of anilines is 1. The van der Waals surface area contributed by atoms with Gasteiger partial charge >= 0.3 is 0 Å². The number of piperidine rings is 1. The van der Waals surface area contributed by atoms with Gasteiger partial charge in [0.2, 0.25) is 5.91 Å². The van der Waals surface area contributed by atoms with E-state index in [9.17, 15) is 9.59 Å². The summed E-state index contributed by atoms with van der Waals surface area (Å²) in [5.74, 6) is -0.174. The highest BCUT2D eigenvalue weighted by atomic mass is 16.7. The molecule has 1 N–H and O–H groups in total. The van der Waals surface area contributed by atoms with Crippen LogP contribution in [0.25, 0.3) is 0 Å². The topological polar surface area (TPSA) is 71.0 Å². The highest BCUT2D eigenvalue weighted by Gasteiger charge is 2.45. The number of hydrogen-bond acceptors (Lipinski definition) is 4. The van der Waals surface area contributed by atoms with Gasteiger partial charge in [0.25, 0.3) is 5.91 Å². The predicted octanol–water partition coefficient (Wildman–Crippen LogP) is 3.01. The molecule has 0 aromatic heterocycles. The van der Waals surface area contributed by atoms with Crippen LogP contribution in [0.1, 0.15) is 24.8 Å². The van der Waals surface area contributed by atoms with Crippen LogP contribution in [0.2, 0.25) is 0 Å². The third-order valence-corrected chi connectivity index (χ3v) is 5.22. The molecule has 1 spiro atoms. The van der Waals surface area contributed by atoms with Crippen molar-refractivity contribution in [3.8, 4) is 0 Å². The van der Waals surface area contributed by atoms with Gasteiger partial charge in [0.05, 0.1) is 13.0 Å². The van der Waals surface area contributed by atoms with E-state index in [4.69, 9.17) is 4.84 Å². The molecule has 6 heteroatoms. The largest absolute Gasteiger partial charge is 0.386 e. The highest BCUT2D eigenvalue weighted by molar-refractivity contribution is 6.43. The summed E-state index contributed by atoms with van der Waals surface area (Å²) in [4.78, 5) is 32.8. The standard InChI is InChI=1S/C22H23N3O3/c26-20(14-17-8-3-1-4-9-17)25-13-7-12-22(16-25)15-19(24-28-22)21(27)23-18-10-5-2-6-11-18/h1-6,8-11H,7,12-16H2,(H,23,27)/t22-/m0/s1. The molecule has 144 valence electrons. The Morgan fingerprint density at radius 2 is 1.79 bits per heavy atom. The Balaban J connectivity index is 1.37. The van der Waals surface area contributed by atoms with Gasteiger partial charge in [-0.3, -0.25) is 9.59 Å². The third-order valence-electron chi connectivity index (χ3n) is 5.22. The molecule has 2 heterocycles. The summed E-state index contributed by atoms with van der Waals surface area (Å²) < 4.78 is 0. The quantitative estimate of drug-likeness (QED) is 0.890. The van der Waals surface area contributed by atoms with Gasteiger partial charge in [-0.05, 0) is 30.5 Å². The van der Waals surface area contributed by atoms with E-state index in [0.717, 1.165) is 24.1 Å². The van der Waals surface area contributed by atoms with E-state index in [2.05, 4.69) is 10.5 Å². The zero-order chi connectivity index (χ0) is 19.4. The van der Waals surface area contributed by atoms with Gasteiger partial charge < -0.3 is 15.1 Å². The Bertz CT molecular complexity index is 882. The first-order chi connectivity index (χ1) is 13.6. The Morgan fingerprint density at radius 3 is 2.54 bits per heavy atom. The van der Waals surface area contributed by atoms with Gasteiger partial charge in [0.15, 0.2) is 5.60 Å². The van der Waals surface area contributed by atoms with Crippen LogP contribution in [0.15, 0.2) is 65.8 Å². The Hall–Kier alpha value is -3.15. The summed E-state index contributed by atoms with van der Waals surface area (Å²) in [6.45, 7) is 1.17. The third kappa shape index (κ3) is 4.06. The van der Waals surface area contributed by atoms with Gasteiger partial charge in [-0.25, -0.2) is 0 Å². The maximum atomic E-state index is 12.7. The summed E-state index contributed by atoms with van der Waals surface area (Å²) in [6, 6.07) is 19.0. The number of carbonyl (C=O) groups is 2. The number of benzene rings is 2. The fraction of sp³-hybridized carbons (Fsp3) is 0.318. The molecule has 4 rings (SSSR count). The number of likely N-dealkylation sites (tertiary alicyclic amines) is 1. The lowest BCUT2D eigenvalue weighted by Crippen LogP contribution is -2.51. The Labute approximate surface area is 164 Å². The van der Waals surface area contributed by atoms with Crippen molar-refractivity contribution < 1.29 is 14.4 Å². The van der Waals surface area contributed by atoms with E-state index >= 15 is 0 Å². The molecule has 1 fully saturated rings. The molecule has 6 nitrogen and oxygen atoms in total. The van der Waals surface area contributed by atoms with E-state index < -0.39 is 5.60 Å². The van der Waals surface area contributed by atoms with Crippen LogP contribution in [-0.2, 0) is 20.8 Å². The number of nitrogens with one attached hydrogen (secondary N) is 1. The molecule has 0 aliphatic carbocycles. The summed E-state index contributed by atoms with van der Waals surface area (Å²) >= 11 is 0. The Morgan fingerprint density at radius 1 is 1.07 bits per heavy atom.